The Hall–Kier alpha value is -1.05. The molecule has 0 atom stereocenters. The molecule has 0 bridgehead atoms. The summed E-state index contributed by atoms with van der Waals surface area (Å²) in [5, 5.41) is 9.13. The molecule has 6 nitrogen and oxygen atoms in total. The number of aliphatic hydroxyl groups is 1. The molecule has 0 saturated carbocycles. The van der Waals surface area contributed by atoms with Gasteiger partial charge in [-0.05, 0) is 6.26 Å². The number of hydrogen-bond donors (Lipinski definition) is 3. The highest BCUT2D eigenvalue weighted by Gasteiger charge is 2.03. The summed E-state index contributed by atoms with van der Waals surface area (Å²) < 4.78 is 5.13. The van der Waals surface area contributed by atoms with Crippen molar-refractivity contribution in [2.75, 3.05) is 24.9 Å². The SMILES string of the molecule is CSc1nc(NN)cc(OCCO)n1. The Labute approximate surface area is 85.9 Å². The van der Waals surface area contributed by atoms with E-state index in [2.05, 4.69) is 15.4 Å². The summed E-state index contributed by atoms with van der Waals surface area (Å²) in [6, 6.07) is 1.56. The van der Waals surface area contributed by atoms with Gasteiger partial charge in [0.05, 0.1) is 6.61 Å². The number of nitrogens with one attached hydrogen (secondary N) is 1. The first-order valence-electron chi connectivity index (χ1n) is 3.93. The number of hydrogen-bond acceptors (Lipinski definition) is 7. The Morgan fingerprint density at radius 3 is 3.00 bits per heavy atom. The summed E-state index contributed by atoms with van der Waals surface area (Å²) in [5.41, 5.74) is 2.41. The maximum Gasteiger partial charge on any atom is 0.219 e. The van der Waals surface area contributed by atoms with Crippen LogP contribution in [0.1, 0.15) is 0 Å². The van der Waals surface area contributed by atoms with Crippen LogP contribution in [0.2, 0.25) is 0 Å². The van der Waals surface area contributed by atoms with Gasteiger partial charge in [-0.15, -0.1) is 0 Å². The average molecular weight is 216 g/mol. The summed E-state index contributed by atoms with van der Waals surface area (Å²) in [7, 11) is 0. The fourth-order valence-corrected chi connectivity index (χ4v) is 1.16. The Morgan fingerprint density at radius 1 is 1.64 bits per heavy atom. The van der Waals surface area contributed by atoms with Gasteiger partial charge in [-0.3, -0.25) is 0 Å². The molecule has 1 rings (SSSR count). The second-order valence-corrected chi connectivity index (χ2v) is 3.07. The molecular weight excluding hydrogens is 204 g/mol. The van der Waals surface area contributed by atoms with E-state index in [0.29, 0.717) is 16.9 Å². The lowest BCUT2D eigenvalue weighted by Crippen LogP contribution is -2.11. The van der Waals surface area contributed by atoms with E-state index < -0.39 is 0 Å². The van der Waals surface area contributed by atoms with Gasteiger partial charge in [-0.2, -0.15) is 4.98 Å². The lowest BCUT2D eigenvalue weighted by atomic mass is 10.6. The van der Waals surface area contributed by atoms with Gasteiger partial charge in [0.1, 0.15) is 12.4 Å². The maximum atomic E-state index is 8.57. The predicted molar refractivity (Wildman–Crippen MR) is 54.2 cm³/mol. The van der Waals surface area contributed by atoms with Gasteiger partial charge in [-0.1, -0.05) is 11.8 Å². The lowest BCUT2D eigenvalue weighted by molar-refractivity contribution is 0.195. The number of ether oxygens (including phenoxy) is 1. The van der Waals surface area contributed by atoms with Gasteiger partial charge >= 0.3 is 0 Å². The minimum atomic E-state index is -0.0516. The lowest BCUT2D eigenvalue weighted by Gasteiger charge is -2.06. The summed E-state index contributed by atoms with van der Waals surface area (Å²) in [4.78, 5) is 8.11. The molecule has 0 radical (unpaired) electrons. The van der Waals surface area contributed by atoms with E-state index in [0.717, 1.165) is 0 Å². The van der Waals surface area contributed by atoms with E-state index in [1.807, 2.05) is 6.26 Å². The van der Waals surface area contributed by atoms with Crippen molar-refractivity contribution >= 4 is 17.6 Å². The minimum absolute atomic E-state index is 0.0516. The number of aliphatic hydroxyl groups excluding tert-OH is 1. The van der Waals surface area contributed by atoms with Crippen LogP contribution in [0, 0.1) is 0 Å². The molecule has 0 unspecified atom stereocenters. The minimum Gasteiger partial charge on any atom is -0.475 e. The topological polar surface area (TPSA) is 93.3 Å². The van der Waals surface area contributed by atoms with Crippen LogP contribution in [-0.2, 0) is 0 Å². The maximum absolute atomic E-state index is 8.57. The monoisotopic (exact) mass is 216 g/mol. The van der Waals surface area contributed by atoms with E-state index >= 15 is 0 Å². The smallest absolute Gasteiger partial charge is 0.219 e. The second kappa shape index (κ2) is 5.63. The van der Waals surface area contributed by atoms with Crippen LogP contribution in [0.4, 0.5) is 5.82 Å². The van der Waals surface area contributed by atoms with Crippen LogP contribution in [0.3, 0.4) is 0 Å². The molecule has 0 amide bonds. The van der Waals surface area contributed by atoms with E-state index in [1.54, 1.807) is 6.07 Å². The number of hydrazine groups is 1. The molecule has 0 aromatic carbocycles. The third-order valence-electron chi connectivity index (χ3n) is 1.35. The highest BCUT2D eigenvalue weighted by atomic mass is 32.2. The largest absolute Gasteiger partial charge is 0.475 e. The fourth-order valence-electron chi connectivity index (χ4n) is 0.793. The first-order valence-corrected chi connectivity index (χ1v) is 5.16. The Morgan fingerprint density at radius 2 is 2.43 bits per heavy atom. The van der Waals surface area contributed by atoms with Crippen molar-refractivity contribution in [3.05, 3.63) is 6.07 Å². The van der Waals surface area contributed by atoms with Gasteiger partial charge in [0.2, 0.25) is 5.88 Å². The zero-order valence-electron chi connectivity index (χ0n) is 7.73. The number of rotatable bonds is 5. The van der Waals surface area contributed by atoms with Gasteiger partial charge in [-0.25, -0.2) is 10.8 Å². The van der Waals surface area contributed by atoms with Gasteiger partial charge in [0.25, 0.3) is 0 Å². The van der Waals surface area contributed by atoms with Crippen molar-refractivity contribution in [1.29, 1.82) is 0 Å². The van der Waals surface area contributed by atoms with Crippen LogP contribution < -0.4 is 16.0 Å². The predicted octanol–water partition coefficient (Wildman–Crippen LogP) is -0.145. The van der Waals surface area contributed by atoms with Crippen LogP contribution in [-0.4, -0.2) is 34.5 Å². The molecule has 0 aliphatic rings. The van der Waals surface area contributed by atoms with E-state index in [4.69, 9.17) is 15.7 Å². The molecule has 1 heterocycles. The zero-order chi connectivity index (χ0) is 10.4. The molecule has 1 aromatic rings. The summed E-state index contributed by atoms with van der Waals surface area (Å²) in [5.74, 6) is 6.09. The first-order chi connectivity index (χ1) is 6.80. The number of nitrogens with zero attached hydrogens (tertiary/aromatic N) is 2. The number of aromatic nitrogens is 2. The molecular formula is C7H12N4O2S. The van der Waals surface area contributed by atoms with Gasteiger partial charge in [0, 0.05) is 6.07 Å². The standard InChI is InChI=1S/C7H12N4O2S/c1-14-7-9-5(11-8)4-6(10-7)13-3-2-12/h4,12H,2-3,8H2,1H3,(H,9,10,11). The van der Waals surface area contributed by atoms with Gasteiger partial charge < -0.3 is 15.3 Å². The number of nitrogen functional groups attached to an aromatic ring is 1. The zero-order valence-corrected chi connectivity index (χ0v) is 8.54. The second-order valence-electron chi connectivity index (χ2n) is 2.29. The molecule has 1 aromatic heterocycles. The molecule has 4 N–H and O–H groups in total. The molecule has 14 heavy (non-hydrogen) atoms. The van der Waals surface area contributed by atoms with Crippen molar-refractivity contribution in [3.8, 4) is 5.88 Å². The molecule has 0 saturated heterocycles. The Bertz CT molecular complexity index is 275. The summed E-state index contributed by atoms with van der Waals surface area (Å²) in [6.45, 7) is 0.152. The molecule has 0 fully saturated rings. The average Bonchev–Trinajstić information content (AvgIpc) is 2.25. The van der Waals surface area contributed by atoms with Crippen molar-refractivity contribution < 1.29 is 9.84 Å². The fraction of sp³-hybridized carbons (Fsp3) is 0.429. The molecule has 0 aliphatic carbocycles. The van der Waals surface area contributed by atoms with Crippen molar-refractivity contribution in [3.63, 3.8) is 0 Å². The van der Waals surface area contributed by atoms with Gasteiger partial charge in [0.15, 0.2) is 5.16 Å². The molecule has 7 heteroatoms. The number of anilines is 1. The highest BCUT2D eigenvalue weighted by Crippen LogP contribution is 2.17. The third kappa shape index (κ3) is 3.02. The van der Waals surface area contributed by atoms with Crippen LogP contribution in [0.25, 0.3) is 0 Å². The van der Waals surface area contributed by atoms with Crippen molar-refractivity contribution in [2.45, 2.75) is 5.16 Å². The first kappa shape index (κ1) is 11.0. The van der Waals surface area contributed by atoms with E-state index in [9.17, 15) is 0 Å². The Balaban J connectivity index is 2.81. The van der Waals surface area contributed by atoms with Crippen LogP contribution in [0.15, 0.2) is 11.2 Å². The molecule has 0 spiro atoms. The van der Waals surface area contributed by atoms with Crippen molar-refractivity contribution in [2.24, 2.45) is 5.84 Å². The number of nitrogens with two attached hydrogens (primary N) is 1. The van der Waals surface area contributed by atoms with E-state index in [-0.39, 0.29) is 13.2 Å². The van der Waals surface area contributed by atoms with Crippen molar-refractivity contribution in [1.82, 2.24) is 9.97 Å². The van der Waals surface area contributed by atoms with Crippen LogP contribution >= 0.6 is 11.8 Å². The van der Waals surface area contributed by atoms with Crippen LogP contribution in [0.5, 0.6) is 5.88 Å². The summed E-state index contributed by atoms with van der Waals surface area (Å²) in [6.07, 6.45) is 1.85. The van der Waals surface area contributed by atoms with E-state index in [1.165, 1.54) is 11.8 Å². The molecule has 78 valence electrons. The molecule has 0 aliphatic heterocycles. The normalized spacial score (nSPS) is 9.93. The quantitative estimate of drug-likeness (QED) is 0.273. The summed E-state index contributed by atoms with van der Waals surface area (Å²) >= 11 is 1.39. The Kier molecular flexibility index (Phi) is 4.44. The third-order valence-corrected chi connectivity index (χ3v) is 1.90. The number of thioether (sulfide) groups is 1. The highest BCUT2D eigenvalue weighted by molar-refractivity contribution is 7.98.